The van der Waals surface area contributed by atoms with E-state index in [4.69, 9.17) is 21.3 Å². The van der Waals surface area contributed by atoms with E-state index in [0.717, 1.165) is 60.0 Å². The number of aryl methyl sites for hydroxylation is 1. The lowest BCUT2D eigenvalue weighted by molar-refractivity contribution is 0.180. The molecule has 4 N–H and O–H groups in total. The zero-order valence-corrected chi connectivity index (χ0v) is 25.9. The molecule has 1 atom stereocenters. The molecule has 1 fully saturated rings. The summed E-state index contributed by atoms with van der Waals surface area (Å²) in [6, 6.07) is 17.1. The van der Waals surface area contributed by atoms with E-state index in [9.17, 15) is 8.42 Å². The highest BCUT2D eigenvalue weighted by Crippen LogP contribution is 2.42. The topological polar surface area (TPSA) is 124 Å². The summed E-state index contributed by atoms with van der Waals surface area (Å²) in [4.78, 5) is 2.10. The number of rotatable bonds is 7. The van der Waals surface area contributed by atoms with Crippen LogP contribution in [0.4, 0.5) is 5.69 Å². The van der Waals surface area contributed by atoms with Crippen molar-refractivity contribution in [3.05, 3.63) is 71.3 Å². The molecule has 2 aliphatic heterocycles. The summed E-state index contributed by atoms with van der Waals surface area (Å²) in [5, 5.41) is 17.6. The maximum Gasteiger partial charge on any atom is 0.235 e. The van der Waals surface area contributed by atoms with E-state index in [1.54, 1.807) is 11.2 Å². The van der Waals surface area contributed by atoms with Gasteiger partial charge in [0, 0.05) is 18.7 Å². The Balaban J connectivity index is 0.00000231. The second-order valence-electron chi connectivity index (χ2n) is 10.6. The zero-order chi connectivity index (χ0) is 27.7. The quantitative estimate of drug-likeness (QED) is 0.224. The van der Waals surface area contributed by atoms with Crippen molar-refractivity contribution in [3.63, 3.8) is 0 Å². The van der Waals surface area contributed by atoms with Crippen LogP contribution in [0.2, 0.25) is 0 Å². The highest BCUT2D eigenvalue weighted by atomic mass is 35.5. The van der Waals surface area contributed by atoms with Crippen molar-refractivity contribution in [1.29, 1.82) is 10.8 Å². The molecule has 3 aromatic rings. The normalized spacial score (nSPS) is 17.3. The van der Waals surface area contributed by atoms with Gasteiger partial charge in [-0.3, -0.25) is 15.1 Å². The van der Waals surface area contributed by atoms with Gasteiger partial charge in [0.15, 0.2) is 0 Å². The Morgan fingerprint density at radius 3 is 2.34 bits per heavy atom. The Morgan fingerprint density at radius 2 is 1.68 bits per heavy atom. The number of nitrogens with one attached hydrogen (secondary N) is 2. The lowest BCUT2D eigenvalue weighted by atomic mass is 9.91. The number of sulfonamides is 1. The number of benzene rings is 3. The maximum absolute atomic E-state index is 13.4. The SMILES string of the molecule is CCS(=O)(=O)N1c2ccc(OCC3CCN(C(C)=N)CC3)cc2CCC1c1ccc2ccc(C(=N)N)cc2c1.Cl.Cl. The Bertz CT molecular complexity index is 1520. The molecule has 8 nitrogen and oxygen atoms in total. The molecule has 0 amide bonds. The van der Waals surface area contributed by atoms with E-state index in [-0.39, 0.29) is 42.4 Å². The molecule has 0 spiro atoms. The summed E-state index contributed by atoms with van der Waals surface area (Å²) < 4.78 is 34.6. The van der Waals surface area contributed by atoms with Gasteiger partial charge in [-0.2, -0.15) is 0 Å². The van der Waals surface area contributed by atoms with Crippen molar-refractivity contribution in [1.82, 2.24) is 4.90 Å². The first-order valence-electron chi connectivity index (χ1n) is 13.6. The van der Waals surface area contributed by atoms with Gasteiger partial charge in [0.2, 0.25) is 10.0 Å². The molecule has 2 heterocycles. The molecule has 0 saturated carbocycles. The van der Waals surface area contributed by atoms with E-state index in [0.29, 0.717) is 36.0 Å². The van der Waals surface area contributed by atoms with Crippen molar-refractivity contribution < 1.29 is 13.2 Å². The number of nitrogens with two attached hydrogens (primary N) is 1. The average molecular weight is 621 g/mol. The fourth-order valence-electron chi connectivity index (χ4n) is 5.72. The highest BCUT2D eigenvalue weighted by Gasteiger charge is 2.35. The van der Waals surface area contributed by atoms with Crippen LogP contribution in [0.3, 0.4) is 0 Å². The first-order chi connectivity index (χ1) is 18.7. The number of hydrogen-bond acceptors (Lipinski definition) is 5. The number of halogens is 2. The number of nitrogen functional groups attached to an aromatic ring is 1. The van der Waals surface area contributed by atoms with Gasteiger partial charge in [0.25, 0.3) is 0 Å². The lowest BCUT2D eigenvalue weighted by Gasteiger charge is -2.38. The van der Waals surface area contributed by atoms with Crippen LogP contribution < -0.4 is 14.8 Å². The van der Waals surface area contributed by atoms with Gasteiger partial charge in [0.1, 0.15) is 11.6 Å². The molecule has 5 rings (SSSR count). The molecule has 3 aromatic carbocycles. The largest absolute Gasteiger partial charge is 0.493 e. The number of ether oxygens (including phenoxy) is 1. The van der Waals surface area contributed by atoms with E-state index < -0.39 is 10.0 Å². The third-order valence-electron chi connectivity index (χ3n) is 8.06. The van der Waals surface area contributed by atoms with Gasteiger partial charge in [-0.15, -0.1) is 24.8 Å². The fraction of sp³-hybridized carbons (Fsp3) is 0.400. The summed E-state index contributed by atoms with van der Waals surface area (Å²) in [7, 11) is -3.54. The molecule has 11 heteroatoms. The van der Waals surface area contributed by atoms with E-state index >= 15 is 0 Å². The smallest absolute Gasteiger partial charge is 0.235 e. The zero-order valence-electron chi connectivity index (χ0n) is 23.4. The first kappa shape index (κ1) is 32.5. The standard InChI is InChI=1S/C30H37N5O3S.2ClH/c1-3-39(36,37)35-28(23-6-4-22-5-7-25(30(32)33)17-26(22)16-23)10-8-24-18-27(9-11-29(24)35)38-19-21-12-14-34(15-13-21)20(2)31;;/h4-7,9,11,16-18,21,28,31H,3,8,10,12-15,19H2,1-2H3,(H3,32,33);2*1H. The van der Waals surface area contributed by atoms with Crippen molar-refractivity contribution in [2.24, 2.45) is 11.7 Å². The molecule has 1 unspecified atom stereocenters. The summed E-state index contributed by atoms with van der Waals surface area (Å²) in [5.74, 6) is 1.87. The molecule has 2 aliphatic rings. The van der Waals surface area contributed by atoms with Crippen LogP contribution in [0, 0.1) is 16.7 Å². The van der Waals surface area contributed by atoms with Crippen molar-refractivity contribution >= 4 is 63.0 Å². The van der Waals surface area contributed by atoms with Crippen LogP contribution in [-0.2, 0) is 16.4 Å². The Kier molecular flexibility index (Phi) is 10.6. The van der Waals surface area contributed by atoms with Gasteiger partial charge in [0.05, 0.1) is 29.9 Å². The molecule has 0 bridgehead atoms. The fourth-order valence-corrected chi connectivity index (χ4v) is 7.09. The Morgan fingerprint density at radius 1 is 0.976 bits per heavy atom. The molecule has 222 valence electrons. The molecular formula is C30H39Cl2N5O3S. The summed E-state index contributed by atoms with van der Waals surface area (Å²) in [6.07, 6.45) is 3.42. The van der Waals surface area contributed by atoms with Crippen LogP contribution in [0.1, 0.15) is 55.8 Å². The number of nitrogens with zero attached hydrogens (tertiary/aromatic N) is 2. The lowest BCUT2D eigenvalue weighted by Crippen LogP contribution is -2.39. The van der Waals surface area contributed by atoms with Crippen LogP contribution in [0.5, 0.6) is 5.75 Å². The molecule has 1 saturated heterocycles. The summed E-state index contributed by atoms with van der Waals surface area (Å²) in [6.45, 7) is 5.93. The number of fused-ring (bicyclic) bond motifs is 2. The van der Waals surface area contributed by atoms with Gasteiger partial charge >= 0.3 is 0 Å². The van der Waals surface area contributed by atoms with E-state index in [1.165, 1.54) is 0 Å². The Labute approximate surface area is 255 Å². The van der Waals surface area contributed by atoms with Crippen LogP contribution in [-0.4, -0.2) is 50.4 Å². The maximum atomic E-state index is 13.4. The highest BCUT2D eigenvalue weighted by molar-refractivity contribution is 7.92. The summed E-state index contributed by atoms with van der Waals surface area (Å²) >= 11 is 0. The first-order valence-corrected chi connectivity index (χ1v) is 15.2. The molecule has 41 heavy (non-hydrogen) atoms. The third kappa shape index (κ3) is 6.90. The van der Waals surface area contributed by atoms with Crippen LogP contribution in [0.25, 0.3) is 10.8 Å². The molecule has 0 aromatic heterocycles. The van der Waals surface area contributed by atoms with Crippen molar-refractivity contribution in [3.8, 4) is 5.75 Å². The predicted molar refractivity (Wildman–Crippen MR) is 172 cm³/mol. The van der Waals surface area contributed by atoms with Crippen LogP contribution in [0.15, 0.2) is 54.6 Å². The van der Waals surface area contributed by atoms with Crippen LogP contribution >= 0.6 is 24.8 Å². The number of amidine groups is 2. The van der Waals surface area contributed by atoms with Gasteiger partial charge in [-0.1, -0.05) is 24.3 Å². The second kappa shape index (κ2) is 13.3. The molecule has 0 aliphatic carbocycles. The number of likely N-dealkylation sites (tertiary alicyclic amines) is 1. The van der Waals surface area contributed by atoms with Gasteiger partial charge in [-0.25, -0.2) is 8.42 Å². The minimum atomic E-state index is -3.54. The van der Waals surface area contributed by atoms with E-state index in [2.05, 4.69) is 4.90 Å². The van der Waals surface area contributed by atoms with Gasteiger partial charge in [-0.05, 0) is 97.7 Å². The van der Waals surface area contributed by atoms with Crippen molar-refractivity contribution in [2.45, 2.75) is 45.6 Å². The third-order valence-corrected chi connectivity index (χ3v) is 9.84. The number of piperidine rings is 1. The van der Waals surface area contributed by atoms with Crippen molar-refractivity contribution in [2.75, 3.05) is 29.8 Å². The minimum absolute atomic E-state index is 0. The minimum Gasteiger partial charge on any atom is -0.493 e. The number of anilines is 1. The molecular weight excluding hydrogens is 581 g/mol. The Hall–Kier alpha value is -3.01. The monoisotopic (exact) mass is 619 g/mol. The summed E-state index contributed by atoms with van der Waals surface area (Å²) in [5.41, 5.74) is 8.98. The molecule has 0 radical (unpaired) electrons. The number of hydrogen-bond donors (Lipinski definition) is 3. The average Bonchev–Trinajstić information content (AvgIpc) is 2.94. The second-order valence-corrected chi connectivity index (χ2v) is 12.7. The van der Waals surface area contributed by atoms with E-state index in [1.807, 2.05) is 61.5 Å². The van der Waals surface area contributed by atoms with Gasteiger partial charge < -0.3 is 15.4 Å². The predicted octanol–water partition coefficient (Wildman–Crippen LogP) is 5.90.